The lowest BCUT2D eigenvalue weighted by Crippen LogP contribution is -2.10. The zero-order valence-electron chi connectivity index (χ0n) is 11.6. The summed E-state index contributed by atoms with van der Waals surface area (Å²) in [6, 6.07) is 6.10. The molecule has 1 heterocycles. The third-order valence-electron chi connectivity index (χ3n) is 3.16. The van der Waals surface area contributed by atoms with Gasteiger partial charge in [-0.2, -0.15) is 0 Å². The second kappa shape index (κ2) is 5.75. The van der Waals surface area contributed by atoms with Gasteiger partial charge in [-0.05, 0) is 53.7 Å². The molecular formula is C14H18BrN3O. The van der Waals surface area contributed by atoms with E-state index < -0.39 is 0 Å². The van der Waals surface area contributed by atoms with Gasteiger partial charge < -0.3 is 14.6 Å². The second-order valence-electron chi connectivity index (χ2n) is 4.45. The van der Waals surface area contributed by atoms with Crippen molar-refractivity contribution in [2.45, 2.75) is 13.5 Å². The van der Waals surface area contributed by atoms with Crippen molar-refractivity contribution in [3.05, 3.63) is 34.1 Å². The minimum absolute atomic E-state index is 0.777. The van der Waals surface area contributed by atoms with Crippen molar-refractivity contribution in [2.75, 3.05) is 14.2 Å². The highest BCUT2D eigenvalue weighted by Crippen LogP contribution is 2.28. The van der Waals surface area contributed by atoms with E-state index in [4.69, 9.17) is 4.74 Å². The van der Waals surface area contributed by atoms with Crippen LogP contribution in [0.25, 0.3) is 11.4 Å². The topological polar surface area (TPSA) is 39.1 Å². The van der Waals surface area contributed by atoms with Gasteiger partial charge in [0.05, 0.1) is 12.8 Å². The van der Waals surface area contributed by atoms with Gasteiger partial charge in [-0.3, -0.25) is 0 Å². The smallest absolute Gasteiger partial charge is 0.141 e. The van der Waals surface area contributed by atoms with Gasteiger partial charge in [-0.25, -0.2) is 4.98 Å². The summed E-state index contributed by atoms with van der Waals surface area (Å²) in [5.41, 5.74) is 3.32. The van der Waals surface area contributed by atoms with E-state index in [0.29, 0.717) is 0 Å². The fourth-order valence-electron chi connectivity index (χ4n) is 2.13. The first kappa shape index (κ1) is 14.1. The van der Waals surface area contributed by atoms with E-state index in [1.165, 1.54) is 0 Å². The quantitative estimate of drug-likeness (QED) is 0.940. The molecule has 0 aliphatic carbocycles. The van der Waals surface area contributed by atoms with Crippen LogP contribution in [0.4, 0.5) is 0 Å². The number of benzene rings is 1. The lowest BCUT2D eigenvalue weighted by Gasteiger charge is -2.08. The van der Waals surface area contributed by atoms with Gasteiger partial charge in [-0.15, -0.1) is 0 Å². The number of aromatic nitrogens is 2. The van der Waals surface area contributed by atoms with Crippen LogP contribution in [0.15, 0.2) is 22.8 Å². The van der Waals surface area contributed by atoms with E-state index >= 15 is 0 Å². The Morgan fingerprint density at radius 2 is 2.16 bits per heavy atom. The summed E-state index contributed by atoms with van der Waals surface area (Å²) in [6.45, 7) is 2.81. The minimum Gasteiger partial charge on any atom is -0.496 e. The molecule has 1 aromatic carbocycles. The highest BCUT2D eigenvalue weighted by molar-refractivity contribution is 9.10. The summed E-state index contributed by atoms with van der Waals surface area (Å²) in [7, 11) is 5.64. The Kier molecular flexibility index (Phi) is 4.27. The van der Waals surface area contributed by atoms with Crippen LogP contribution in [-0.4, -0.2) is 23.7 Å². The van der Waals surface area contributed by atoms with E-state index in [0.717, 1.165) is 39.5 Å². The highest BCUT2D eigenvalue weighted by atomic mass is 79.9. The molecule has 0 bridgehead atoms. The predicted octanol–water partition coefficient (Wildman–Crippen LogP) is 2.89. The number of nitrogens with one attached hydrogen (secondary N) is 1. The van der Waals surface area contributed by atoms with E-state index in [-0.39, 0.29) is 0 Å². The second-order valence-corrected chi connectivity index (χ2v) is 5.20. The zero-order chi connectivity index (χ0) is 14.0. The van der Waals surface area contributed by atoms with Gasteiger partial charge in [-0.1, -0.05) is 0 Å². The number of nitrogens with zero attached hydrogens (tertiary/aromatic N) is 2. The van der Waals surface area contributed by atoms with Gasteiger partial charge in [0.1, 0.15) is 16.2 Å². The third-order valence-corrected chi connectivity index (χ3v) is 3.80. The Morgan fingerprint density at radius 3 is 2.74 bits per heavy atom. The van der Waals surface area contributed by atoms with Crippen LogP contribution in [0.5, 0.6) is 5.75 Å². The summed E-state index contributed by atoms with van der Waals surface area (Å²) in [5, 5.41) is 3.15. The van der Waals surface area contributed by atoms with Crippen LogP contribution in [0.3, 0.4) is 0 Å². The number of imidazole rings is 1. The van der Waals surface area contributed by atoms with Gasteiger partial charge in [0.25, 0.3) is 0 Å². The molecule has 5 heteroatoms. The molecular weight excluding hydrogens is 306 g/mol. The van der Waals surface area contributed by atoms with Crippen LogP contribution in [0, 0.1) is 6.92 Å². The number of methoxy groups -OCH3 is 1. The van der Waals surface area contributed by atoms with Crippen LogP contribution in [0.2, 0.25) is 0 Å². The van der Waals surface area contributed by atoms with Crippen molar-refractivity contribution in [3.63, 3.8) is 0 Å². The molecule has 0 fully saturated rings. The van der Waals surface area contributed by atoms with Gasteiger partial charge in [0, 0.05) is 19.2 Å². The van der Waals surface area contributed by atoms with E-state index in [9.17, 15) is 0 Å². The molecule has 0 radical (unpaired) electrons. The third kappa shape index (κ3) is 2.67. The molecule has 2 rings (SSSR count). The normalized spacial score (nSPS) is 10.8. The van der Waals surface area contributed by atoms with Crippen molar-refractivity contribution in [1.82, 2.24) is 14.9 Å². The average Bonchev–Trinajstić information content (AvgIpc) is 2.67. The van der Waals surface area contributed by atoms with Crippen molar-refractivity contribution >= 4 is 15.9 Å². The fraction of sp³-hybridized carbons (Fsp3) is 0.357. The lowest BCUT2D eigenvalue weighted by molar-refractivity contribution is 0.412. The Bertz CT molecular complexity index is 593. The molecule has 2 aromatic rings. The van der Waals surface area contributed by atoms with E-state index in [1.807, 2.05) is 33.2 Å². The predicted molar refractivity (Wildman–Crippen MR) is 80.4 cm³/mol. The highest BCUT2D eigenvalue weighted by Gasteiger charge is 2.14. The first-order chi connectivity index (χ1) is 9.08. The number of ether oxygens (including phenoxy) is 1. The molecule has 102 valence electrons. The first-order valence-electron chi connectivity index (χ1n) is 6.09. The molecule has 0 spiro atoms. The molecule has 1 aromatic heterocycles. The minimum atomic E-state index is 0.777. The Morgan fingerprint density at radius 1 is 1.42 bits per heavy atom. The van der Waals surface area contributed by atoms with E-state index in [2.05, 4.69) is 36.9 Å². The average molecular weight is 324 g/mol. The molecule has 19 heavy (non-hydrogen) atoms. The molecule has 1 N–H and O–H groups in total. The Labute approximate surface area is 121 Å². The van der Waals surface area contributed by atoms with E-state index in [1.54, 1.807) is 7.11 Å². The SMILES string of the molecule is CNCc1c(Br)nc(-c2ccc(OC)c(C)c2)n1C. The maximum Gasteiger partial charge on any atom is 0.141 e. The summed E-state index contributed by atoms with van der Waals surface area (Å²) in [5.74, 6) is 1.84. The molecule has 0 aliphatic heterocycles. The first-order valence-corrected chi connectivity index (χ1v) is 6.88. The molecule has 0 unspecified atom stereocenters. The van der Waals surface area contributed by atoms with Gasteiger partial charge in [0.15, 0.2) is 0 Å². The van der Waals surface area contributed by atoms with Crippen LogP contribution in [-0.2, 0) is 13.6 Å². The molecule has 0 saturated carbocycles. The standard InChI is InChI=1S/C14H18BrN3O/c1-9-7-10(5-6-12(9)19-4)14-17-13(15)11(8-16-2)18(14)3/h5-7,16H,8H2,1-4H3. The maximum absolute atomic E-state index is 5.29. The molecule has 4 nitrogen and oxygen atoms in total. The van der Waals surface area contributed by atoms with Crippen LogP contribution in [0.1, 0.15) is 11.3 Å². The zero-order valence-corrected chi connectivity index (χ0v) is 13.2. The Hall–Kier alpha value is -1.33. The number of rotatable bonds is 4. The number of aryl methyl sites for hydroxylation is 1. The summed E-state index contributed by atoms with van der Waals surface area (Å²) in [6.07, 6.45) is 0. The van der Waals surface area contributed by atoms with Crippen molar-refractivity contribution in [1.29, 1.82) is 0 Å². The number of hydrogen-bond acceptors (Lipinski definition) is 3. The van der Waals surface area contributed by atoms with Crippen LogP contribution >= 0.6 is 15.9 Å². The largest absolute Gasteiger partial charge is 0.496 e. The van der Waals surface area contributed by atoms with Crippen molar-refractivity contribution < 1.29 is 4.74 Å². The van der Waals surface area contributed by atoms with Crippen LogP contribution < -0.4 is 10.1 Å². The Balaban J connectivity index is 2.47. The number of halogens is 1. The molecule has 0 atom stereocenters. The summed E-state index contributed by atoms with van der Waals surface area (Å²) >= 11 is 3.52. The summed E-state index contributed by atoms with van der Waals surface area (Å²) in [4.78, 5) is 4.59. The maximum atomic E-state index is 5.29. The lowest BCUT2D eigenvalue weighted by atomic mass is 10.1. The molecule has 0 aliphatic rings. The summed E-state index contributed by atoms with van der Waals surface area (Å²) < 4.78 is 8.27. The van der Waals surface area contributed by atoms with Gasteiger partial charge in [0.2, 0.25) is 0 Å². The number of hydrogen-bond donors (Lipinski definition) is 1. The van der Waals surface area contributed by atoms with Crippen molar-refractivity contribution in [3.8, 4) is 17.1 Å². The monoisotopic (exact) mass is 323 g/mol. The molecule has 0 amide bonds. The fourth-order valence-corrected chi connectivity index (χ4v) is 2.71. The van der Waals surface area contributed by atoms with Crippen molar-refractivity contribution in [2.24, 2.45) is 7.05 Å². The van der Waals surface area contributed by atoms with Gasteiger partial charge >= 0.3 is 0 Å². The molecule has 0 saturated heterocycles.